The van der Waals surface area contributed by atoms with Crippen molar-refractivity contribution < 1.29 is 9.59 Å². The van der Waals surface area contributed by atoms with Gasteiger partial charge in [-0.1, -0.05) is 24.4 Å². The molecule has 1 aliphatic carbocycles. The van der Waals surface area contributed by atoms with Crippen LogP contribution in [-0.2, 0) is 9.59 Å². The van der Waals surface area contributed by atoms with E-state index in [9.17, 15) is 9.59 Å². The predicted molar refractivity (Wildman–Crippen MR) is 89.0 cm³/mol. The fourth-order valence-electron chi connectivity index (χ4n) is 2.78. The van der Waals surface area contributed by atoms with Crippen LogP contribution in [0, 0.1) is 17.2 Å². The van der Waals surface area contributed by atoms with Gasteiger partial charge in [-0.3, -0.25) is 9.59 Å². The van der Waals surface area contributed by atoms with Crippen molar-refractivity contribution in [3.05, 3.63) is 28.8 Å². The number of rotatable bonds is 5. The number of carbonyl (C=O) groups excluding carboxylic acids is 2. The van der Waals surface area contributed by atoms with Crippen LogP contribution < -0.4 is 10.6 Å². The molecule has 1 aromatic carbocycles. The van der Waals surface area contributed by atoms with E-state index in [-0.39, 0.29) is 30.2 Å². The molecule has 0 aliphatic heterocycles. The van der Waals surface area contributed by atoms with Gasteiger partial charge in [-0.05, 0) is 38.0 Å². The molecule has 0 bridgehead atoms. The average Bonchev–Trinajstić information content (AvgIpc) is 3.03. The van der Waals surface area contributed by atoms with Crippen LogP contribution in [0.4, 0.5) is 5.69 Å². The molecule has 0 spiro atoms. The zero-order valence-electron chi connectivity index (χ0n) is 13.1. The maximum atomic E-state index is 12.0. The quantitative estimate of drug-likeness (QED) is 0.867. The molecule has 122 valence electrons. The second-order valence-corrected chi connectivity index (χ2v) is 6.36. The highest BCUT2D eigenvalue weighted by atomic mass is 35.5. The van der Waals surface area contributed by atoms with Gasteiger partial charge in [0.05, 0.1) is 10.6 Å². The van der Waals surface area contributed by atoms with Gasteiger partial charge in [-0.25, -0.2) is 0 Å². The average molecular weight is 334 g/mol. The Hall–Kier alpha value is -2.06. The zero-order chi connectivity index (χ0) is 16.8. The highest BCUT2D eigenvalue weighted by Crippen LogP contribution is 2.25. The van der Waals surface area contributed by atoms with Gasteiger partial charge in [0.15, 0.2) is 0 Å². The largest absolute Gasteiger partial charge is 0.353 e. The second kappa shape index (κ2) is 7.98. The van der Waals surface area contributed by atoms with E-state index in [2.05, 4.69) is 10.6 Å². The van der Waals surface area contributed by atoms with Gasteiger partial charge in [-0.15, -0.1) is 0 Å². The Morgan fingerprint density at radius 1 is 1.39 bits per heavy atom. The maximum Gasteiger partial charge on any atom is 0.226 e. The fourth-order valence-corrected chi connectivity index (χ4v) is 2.94. The lowest BCUT2D eigenvalue weighted by atomic mass is 10.1. The molecule has 0 saturated heterocycles. The zero-order valence-corrected chi connectivity index (χ0v) is 13.8. The van der Waals surface area contributed by atoms with Crippen molar-refractivity contribution in [3.63, 3.8) is 0 Å². The van der Waals surface area contributed by atoms with Gasteiger partial charge in [0.1, 0.15) is 6.07 Å². The van der Waals surface area contributed by atoms with E-state index < -0.39 is 0 Å². The van der Waals surface area contributed by atoms with Crippen molar-refractivity contribution >= 4 is 29.1 Å². The van der Waals surface area contributed by atoms with Gasteiger partial charge < -0.3 is 10.6 Å². The SMILES string of the molecule is C[C@H](CC(=O)Nc1ccc(Cl)c(C#N)c1)NC(=O)C1CCCC1. The molecule has 5 nitrogen and oxygen atoms in total. The first-order valence-corrected chi connectivity index (χ1v) is 8.17. The molecule has 0 radical (unpaired) electrons. The minimum atomic E-state index is -0.231. The molecule has 1 aliphatic rings. The summed E-state index contributed by atoms with van der Waals surface area (Å²) >= 11 is 5.85. The summed E-state index contributed by atoms with van der Waals surface area (Å²) in [5, 5.41) is 14.9. The molecule has 2 N–H and O–H groups in total. The molecule has 1 saturated carbocycles. The Kier molecular flexibility index (Phi) is 6.00. The second-order valence-electron chi connectivity index (χ2n) is 5.95. The Bertz CT molecular complexity index is 633. The van der Waals surface area contributed by atoms with E-state index in [0.717, 1.165) is 25.7 Å². The molecular weight excluding hydrogens is 314 g/mol. The summed E-state index contributed by atoms with van der Waals surface area (Å²) in [6, 6.07) is 6.48. The van der Waals surface area contributed by atoms with Crippen LogP contribution in [0.3, 0.4) is 0 Å². The predicted octanol–water partition coefficient (Wildman–Crippen LogP) is 3.24. The normalized spacial score (nSPS) is 15.7. The standard InChI is InChI=1S/C17H20ClN3O2/c1-11(20-17(23)12-4-2-3-5-12)8-16(22)21-14-6-7-15(18)13(9-14)10-19/h6-7,9,11-12H,2-5,8H2,1H3,(H,20,23)(H,21,22)/t11-/m1/s1. The fraction of sp³-hybridized carbons (Fsp3) is 0.471. The first-order valence-electron chi connectivity index (χ1n) is 7.79. The van der Waals surface area contributed by atoms with Crippen molar-refractivity contribution in [3.8, 4) is 6.07 Å². The Labute approximate surface area is 141 Å². The Balaban J connectivity index is 1.84. The number of amides is 2. The van der Waals surface area contributed by atoms with Crippen molar-refractivity contribution in [1.29, 1.82) is 5.26 Å². The van der Waals surface area contributed by atoms with Crippen LogP contribution in [-0.4, -0.2) is 17.9 Å². The van der Waals surface area contributed by atoms with E-state index in [4.69, 9.17) is 16.9 Å². The van der Waals surface area contributed by atoms with E-state index in [1.807, 2.05) is 13.0 Å². The summed E-state index contributed by atoms with van der Waals surface area (Å²) < 4.78 is 0. The van der Waals surface area contributed by atoms with Crippen molar-refractivity contribution in [2.45, 2.75) is 45.1 Å². The number of nitriles is 1. The number of carbonyl (C=O) groups is 2. The summed E-state index contributed by atoms with van der Waals surface area (Å²) in [6.07, 6.45) is 4.26. The molecule has 1 aromatic rings. The topological polar surface area (TPSA) is 82.0 Å². The van der Waals surface area contributed by atoms with E-state index >= 15 is 0 Å². The summed E-state index contributed by atoms with van der Waals surface area (Å²) in [5.74, 6) is -0.0774. The Morgan fingerprint density at radius 3 is 2.74 bits per heavy atom. The molecule has 0 heterocycles. The van der Waals surface area contributed by atoms with Crippen LogP contribution in [0.5, 0.6) is 0 Å². The monoisotopic (exact) mass is 333 g/mol. The maximum absolute atomic E-state index is 12.0. The lowest BCUT2D eigenvalue weighted by molar-refractivity contribution is -0.125. The number of benzene rings is 1. The van der Waals surface area contributed by atoms with Gasteiger partial charge in [-0.2, -0.15) is 5.26 Å². The number of halogens is 1. The number of anilines is 1. The van der Waals surface area contributed by atoms with Crippen LogP contribution in [0.15, 0.2) is 18.2 Å². The Morgan fingerprint density at radius 2 is 2.09 bits per heavy atom. The third-order valence-corrected chi connectivity index (χ3v) is 4.31. The van der Waals surface area contributed by atoms with Crippen LogP contribution in [0.1, 0.15) is 44.6 Å². The molecule has 2 rings (SSSR count). The minimum Gasteiger partial charge on any atom is -0.353 e. The van der Waals surface area contributed by atoms with Crippen LogP contribution in [0.2, 0.25) is 5.02 Å². The third-order valence-electron chi connectivity index (χ3n) is 3.98. The summed E-state index contributed by atoms with van der Waals surface area (Å²) in [5.41, 5.74) is 0.831. The van der Waals surface area contributed by atoms with E-state index in [1.54, 1.807) is 12.1 Å². The molecule has 0 aromatic heterocycles. The van der Waals surface area contributed by atoms with Gasteiger partial charge in [0.2, 0.25) is 11.8 Å². The van der Waals surface area contributed by atoms with Gasteiger partial charge in [0.25, 0.3) is 0 Å². The lowest BCUT2D eigenvalue weighted by Crippen LogP contribution is -2.38. The van der Waals surface area contributed by atoms with Gasteiger partial charge in [0, 0.05) is 24.1 Å². The van der Waals surface area contributed by atoms with E-state index in [0.29, 0.717) is 16.3 Å². The first-order chi connectivity index (χ1) is 11.0. The summed E-state index contributed by atoms with van der Waals surface area (Å²) in [7, 11) is 0. The van der Waals surface area contributed by atoms with Crippen molar-refractivity contribution in [2.24, 2.45) is 5.92 Å². The lowest BCUT2D eigenvalue weighted by Gasteiger charge is -2.16. The molecular formula is C17H20ClN3O2. The smallest absolute Gasteiger partial charge is 0.226 e. The van der Waals surface area contributed by atoms with Crippen molar-refractivity contribution in [1.82, 2.24) is 5.32 Å². The number of hydrogen-bond acceptors (Lipinski definition) is 3. The molecule has 1 fully saturated rings. The molecule has 2 amide bonds. The number of hydrogen-bond donors (Lipinski definition) is 2. The van der Waals surface area contributed by atoms with Crippen LogP contribution >= 0.6 is 11.6 Å². The number of nitrogens with zero attached hydrogens (tertiary/aromatic N) is 1. The molecule has 6 heteroatoms. The van der Waals surface area contributed by atoms with Gasteiger partial charge >= 0.3 is 0 Å². The molecule has 0 unspecified atom stereocenters. The van der Waals surface area contributed by atoms with Crippen molar-refractivity contribution in [2.75, 3.05) is 5.32 Å². The summed E-state index contributed by atoms with van der Waals surface area (Å²) in [4.78, 5) is 24.1. The van der Waals surface area contributed by atoms with E-state index in [1.165, 1.54) is 6.07 Å². The highest BCUT2D eigenvalue weighted by Gasteiger charge is 2.24. The first kappa shape index (κ1) is 17.3. The third kappa shape index (κ3) is 4.97. The minimum absolute atomic E-state index is 0.0426. The number of nitrogens with one attached hydrogen (secondary N) is 2. The van der Waals surface area contributed by atoms with Crippen LogP contribution in [0.25, 0.3) is 0 Å². The highest BCUT2D eigenvalue weighted by molar-refractivity contribution is 6.31. The molecule has 23 heavy (non-hydrogen) atoms. The molecule has 1 atom stereocenters. The summed E-state index contributed by atoms with van der Waals surface area (Å²) in [6.45, 7) is 1.81.